The fourth-order valence-corrected chi connectivity index (χ4v) is 3.25. The highest BCUT2D eigenvalue weighted by Gasteiger charge is 2.09. The van der Waals surface area contributed by atoms with Crippen molar-refractivity contribution in [2.24, 2.45) is 0 Å². The van der Waals surface area contributed by atoms with E-state index in [0.29, 0.717) is 5.82 Å². The number of aromatic nitrogens is 6. The topological polar surface area (TPSA) is 72.3 Å². The van der Waals surface area contributed by atoms with E-state index in [4.69, 9.17) is 11.6 Å². The van der Waals surface area contributed by atoms with Crippen molar-refractivity contribution >= 4 is 22.6 Å². The van der Waals surface area contributed by atoms with Crippen LogP contribution >= 0.6 is 11.6 Å². The lowest BCUT2D eigenvalue weighted by Gasteiger charge is -2.08. The highest BCUT2D eigenvalue weighted by molar-refractivity contribution is 6.30. The molecule has 0 amide bonds. The molecule has 7 heteroatoms. The SMILES string of the molecule is Clc1ccc(-c2cccc(-n3cnc4ccc(-c5nnn[nH]5)cc43)c2)cc1. The van der Waals surface area contributed by atoms with Gasteiger partial charge in [0.05, 0.1) is 11.0 Å². The number of halogens is 1. The summed E-state index contributed by atoms with van der Waals surface area (Å²) in [6, 6.07) is 22.1. The van der Waals surface area contributed by atoms with E-state index in [2.05, 4.69) is 48.4 Å². The van der Waals surface area contributed by atoms with Crippen molar-refractivity contribution in [3.05, 3.63) is 78.1 Å². The van der Waals surface area contributed by atoms with Gasteiger partial charge in [-0.3, -0.25) is 4.57 Å². The highest BCUT2D eigenvalue weighted by Crippen LogP contribution is 2.27. The van der Waals surface area contributed by atoms with Gasteiger partial charge in [0.2, 0.25) is 0 Å². The van der Waals surface area contributed by atoms with Crippen LogP contribution in [0.1, 0.15) is 0 Å². The van der Waals surface area contributed by atoms with Gasteiger partial charge in [-0.15, -0.1) is 5.10 Å². The normalized spacial score (nSPS) is 11.1. The van der Waals surface area contributed by atoms with E-state index in [1.807, 2.05) is 54.9 Å². The van der Waals surface area contributed by atoms with E-state index in [0.717, 1.165) is 38.4 Å². The first-order valence-corrected chi connectivity index (χ1v) is 8.73. The summed E-state index contributed by atoms with van der Waals surface area (Å²) in [7, 11) is 0. The molecule has 2 heterocycles. The first kappa shape index (κ1) is 15.7. The third-order valence-corrected chi connectivity index (χ3v) is 4.72. The second-order valence-electron chi connectivity index (χ2n) is 6.13. The van der Waals surface area contributed by atoms with Gasteiger partial charge in [0, 0.05) is 16.3 Å². The lowest BCUT2D eigenvalue weighted by Crippen LogP contribution is -1.93. The third-order valence-electron chi connectivity index (χ3n) is 4.47. The molecule has 5 aromatic rings. The van der Waals surface area contributed by atoms with Gasteiger partial charge in [0.1, 0.15) is 6.33 Å². The Morgan fingerprint density at radius 2 is 1.70 bits per heavy atom. The molecule has 5 rings (SSSR count). The van der Waals surface area contributed by atoms with Crippen LogP contribution in [0.3, 0.4) is 0 Å². The Labute approximate surface area is 159 Å². The van der Waals surface area contributed by atoms with Gasteiger partial charge in [0.15, 0.2) is 5.82 Å². The summed E-state index contributed by atoms with van der Waals surface area (Å²) in [5.74, 6) is 0.625. The maximum Gasteiger partial charge on any atom is 0.179 e. The van der Waals surface area contributed by atoms with Gasteiger partial charge < -0.3 is 0 Å². The Hall–Kier alpha value is -3.51. The molecular formula is C20H13ClN6. The molecule has 0 bridgehead atoms. The summed E-state index contributed by atoms with van der Waals surface area (Å²) < 4.78 is 2.06. The number of nitrogens with one attached hydrogen (secondary N) is 1. The summed E-state index contributed by atoms with van der Waals surface area (Å²) in [6.45, 7) is 0. The fraction of sp³-hybridized carbons (Fsp3) is 0. The van der Waals surface area contributed by atoms with Crippen LogP contribution in [0, 0.1) is 0 Å². The summed E-state index contributed by atoms with van der Waals surface area (Å²) in [6.07, 6.45) is 1.83. The highest BCUT2D eigenvalue weighted by atomic mass is 35.5. The van der Waals surface area contributed by atoms with Crippen molar-refractivity contribution in [2.45, 2.75) is 0 Å². The second-order valence-corrected chi connectivity index (χ2v) is 6.56. The van der Waals surface area contributed by atoms with Crippen LogP contribution in [-0.4, -0.2) is 30.2 Å². The molecule has 2 aromatic heterocycles. The van der Waals surface area contributed by atoms with Gasteiger partial charge in [-0.1, -0.05) is 35.9 Å². The van der Waals surface area contributed by atoms with Crippen LogP contribution in [0.25, 0.3) is 39.2 Å². The Morgan fingerprint density at radius 3 is 2.52 bits per heavy atom. The summed E-state index contributed by atoms with van der Waals surface area (Å²) >= 11 is 6.01. The second kappa shape index (κ2) is 6.34. The molecule has 0 aliphatic heterocycles. The molecule has 0 atom stereocenters. The number of fused-ring (bicyclic) bond motifs is 1. The quantitative estimate of drug-likeness (QED) is 0.505. The van der Waals surface area contributed by atoms with E-state index in [1.54, 1.807) is 0 Å². The zero-order valence-electron chi connectivity index (χ0n) is 14.0. The number of rotatable bonds is 3. The Balaban J connectivity index is 1.62. The van der Waals surface area contributed by atoms with Crippen LogP contribution in [-0.2, 0) is 0 Å². The van der Waals surface area contributed by atoms with E-state index < -0.39 is 0 Å². The van der Waals surface area contributed by atoms with Gasteiger partial charge >= 0.3 is 0 Å². The molecule has 3 aromatic carbocycles. The lowest BCUT2D eigenvalue weighted by atomic mass is 10.1. The van der Waals surface area contributed by atoms with E-state index >= 15 is 0 Å². The van der Waals surface area contributed by atoms with E-state index in [-0.39, 0.29) is 0 Å². The van der Waals surface area contributed by atoms with E-state index in [9.17, 15) is 0 Å². The molecule has 0 saturated carbocycles. The van der Waals surface area contributed by atoms with Crippen molar-refractivity contribution < 1.29 is 0 Å². The molecule has 0 aliphatic carbocycles. The minimum absolute atomic E-state index is 0.625. The van der Waals surface area contributed by atoms with Crippen LogP contribution in [0.15, 0.2) is 73.1 Å². The predicted octanol–water partition coefficient (Wildman–Crippen LogP) is 4.53. The van der Waals surface area contributed by atoms with Gasteiger partial charge in [-0.05, 0) is 64.0 Å². The van der Waals surface area contributed by atoms with Crippen molar-refractivity contribution in [1.29, 1.82) is 0 Å². The van der Waals surface area contributed by atoms with Crippen molar-refractivity contribution in [1.82, 2.24) is 30.2 Å². The number of aromatic amines is 1. The first-order chi connectivity index (χ1) is 13.3. The zero-order valence-corrected chi connectivity index (χ0v) is 14.8. The minimum Gasteiger partial charge on any atom is -0.299 e. The molecule has 0 unspecified atom stereocenters. The molecule has 1 N–H and O–H groups in total. The summed E-state index contributed by atoms with van der Waals surface area (Å²) in [5.41, 5.74) is 6.04. The number of nitrogens with zero attached hydrogens (tertiary/aromatic N) is 5. The van der Waals surface area contributed by atoms with Crippen molar-refractivity contribution in [3.63, 3.8) is 0 Å². The fourth-order valence-electron chi connectivity index (χ4n) is 3.12. The van der Waals surface area contributed by atoms with Crippen LogP contribution < -0.4 is 0 Å². The van der Waals surface area contributed by atoms with Crippen LogP contribution in [0.4, 0.5) is 0 Å². The lowest BCUT2D eigenvalue weighted by molar-refractivity contribution is 0.881. The zero-order chi connectivity index (χ0) is 18.2. The first-order valence-electron chi connectivity index (χ1n) is 8.35. The summed E-state index contributed by atoms with van der Waals surface area (Å²) in [5, 5.41) is 14.8. The van der Waals surface area contributed by atoms with Crippen LogP contribution in [0.5, 0.6) is 0 Å². The van der Waals surface area contributed by atoms with Gasteiger partial charge in [0.25, 0.3) is 0 Å². The van der Waals surface area contributed by atoms with Crippen LogP contribution in [0.2, 0.25) is 5.02 Å². The molecule has 0 radical (unpaired) electrons. The molecule has 0 fully saturated rings. The summed E-state index contributed by atoms with van der Waals surface area (Å²) in [4.78, 5) is 4.52. The van der Waals surface area contributed by atoms with E-state index in [1.165, 1.54) is 0 Å². The average molecular weight is 373 g/mol. The number of tetrazole rings is 1. The van der Waals surface area contributed by atoms with Crippen molar-refractivity contribution in [3.8, 4) is 28.2 Å². The molecule has 130 valence electrons. The Bertz CT molecular complexity index is 1230. The molecular weight excluding hydrogens is 360 g/mol. The Morgan fingerprint density at radius 1 is 0.852 bits per heavy atom. The third kappa shape index (κ3) is 2.86. The van der Waals surface area contributed by atoms with Crippen molar-refractivity contribution in [2.75, 3.05) is 0 Å². The maximum atomic E-state index is 6.01. The molecule has 0 saturated heterocycles. The number of benzene rings is 3. The molecule has 27 heavy (non-hydrogen) atoms. The predicted molar refractivity (Wildman–Crippen MR) is 105 cm³/mol. The molecule has 0 aliphatic rings. The largest absolute Gasteiger partial charge is 0.299 e. The molecule has 6 nitrogen and oxygen atoms in total. The Kier molecular flexibility index (Phi) is 3.69. The molecule has 0 spiro atoms. The van der Waals surface area contributed by atoms with Gasteiger partial charge in [-0.25, -0.2) is 10.1 Å². The average Bonchev–Trinajstić information content (AvgIpc) is 3.38. The standard InChI is InChI=1S/C20H13ClN6/c21-16-7-4-13(5-8-16)14-2-1-3-17(10-14)27-12-22-18-9-6-15(11-19(18)27)20-23-25-26-24-20/h1-12H,(H,23,24,25,26). The van der Waals surface area contributed by atoms with Gasteiger partial charge in [-0.2, -0.15) is 0 Å². The number of hydrogen-bond donors (Lipinski definition) is 1. The minimum atomic E-state index is 0.625. The number of imidazole rings is 1. The monoisotopic (exact) mass is 372 g/mol. The maximum absolute atomic E-state index is 6.01. The number of H-pyrrole nitrogens is 1. The number of hydrogen-bond acceptors (Lipinski definition) is 4. The smallest absolute Gasteiger partial charge is 0.179 e.